The van der Waals surface area contributed by atoms with E-state index in [0.717, 1.165) is 25.9 Å². The van der Waals surface area contributed by atoms with Gasteiger partial charge in [-0.2, -0.15) is 0 Å². The topological polar surface area (TPSA) is 50.1 Å². The fourth-order valence-corrected chi connectivity index (χ4v) is 2.93. The van der Waals surface area contributed by atoms with Gasteiger partial charge in [0.1, 0.15) is 0 Å². The first kappa shape index (κ1) is 12.4. The van der Waals surface area contributed by atoms with Crippen molar-refractivity contribution in [3.63, 3.8) is 0 Å². The van der Waals surface area contributed by atoms with Crippen molar-refractivity contribution in [1.29, 1.82) is 0 Å². The number of benzene rings is 1. The molecule has 0 saturated heterocycles. The standard InChI is InChI=1S/C15H19N3O/c19-11-15(17-8-10-18-9-7-16-12-18)6-5-13-3-1-2-4-14(13)15/h1-4,7,9,12,17,19H,5-6,8,10-11H2. The number of imidazole rings is 1. The number of nitrogens with zero attached hydrogens (tertiary/aromatic N) is 2. The Morgan fingerprint density at radius 3 is 3.05 bits per heavy atom. The summed E-state index contributed by atoms with van der Waals surface area (Å²) in [6.07, 6.45) is 7.56. The van der Waals surface area contributed by atoms with Crippen LogP contribution in [0.3, 0.4) is 0 Å². The van der Waals surface area contributed by atoms with Crippen LogP contribution < -0.4 is 5.32 Å². The predicted molar refractivity (Wildman–Crippen MR) is 73.8 cm³/mol. The van der Waals surface area contributed by atoms with E-state index >= 15 is 0 Å². The van der Waals surface area contributed by atoms with Crippen LogP contribution in [0.5, 0.6) is 0 Å². The monoisotopic (exact) mass is 257 g/mol. The number of hydrogen-bond acceptors (Lipinski definition) is 3. The molecule has 1 aliphatic rings. The third-order valence-electron chi connectivity index (χ3n) is 4.02. The van der Waals surface area contributed by atoms with Gasteiger partial charge in [-0.25, -0.2) is 4.98 Å². The van der Waals surface area contributed by atoms with Crippen molar-refractivity contribution in [2.75, 3.05) is 13.2 Å². The maximum absolute atomic E-state index is 9.84. The van der Waals surface area contributed by atoms with E-state index in [4.69, 9.17) is 0 Å². The molecule has 0 bridgehead atoms. The van der Waals surface area contributed by atoms with Crippen LogP contribution in [-0.4, -0.2) is 27.8 Å². The minimum atomic E-state index is -0.267. The molecule has 2 aromatic rings. The van der Waals surface area contributed by atoms with Crippen molar-refractivity contribution in [2.45, 2.75) is 24.9 Å². The molecule has 1 heterocycles. The van der Waals surface area contributed by atoms with Gasteiger partial charge in [0.15, 0.2) is 0 Å². The molecule has 4 heteroatoms. The maximum atomic E-state index is 9.84. The van der Waals surface area contributed by atoms with Crippen molar-refractivity contribution in [1.82, 2.24) is 14.9 Å². The van der Waals surface area contributed by atoms with Gasteiger partial charge in [0.2, 0.25) is 0 Å². The maximum Gasteiger partial charge on any atom is 0.0946 e. The SMILES string of the molecule is OCC1(NCCn2ccnc2)CCc2ccccc21. The van der Waals surface area contributed by atoms with Crippen LogP contribution in [0.15, 0.2) is 43.0 Å². The number of rotatable bonds is 5. The molecule has 100 valence electrons. The summed E-state index contributed by atoms with van der Waals surface area (Å²) in [4.78, 5) is 4.03. The Kier molecular flexibility index (Phi) is 3.36. The molecule has 0 amide bonds. The van der Waals surface area contributed by atoms with E-state index in [1.807, 2.05) is 23.2 Å². The summed E-state index contributed by atoms with van der Waals surface area (Å²) >= 11 is 0. The number of aliphatic hydroxyl groups excluding tert-OH is 1. The number of aliphatic hydroxyl groups is 1. The van der Waals surface area contributed by atoms with Crippen LogP contribution in [0.1, 0.15) is 17.5 Å². The first-order valence-corrected chi connectivity index (χ1v) is 6.74. The van der Waals surface area contributed by atoms with Crippen LogP contribution in [0.4, 0.5) is 0 Å². The molecule has 1 aliphatic carbocycles. The third-order valence-corrected chi connectivity index (χ3v) is 4.02. The highest BCUT2D eigenvalue weighted by atomic mass is 16.3. The van der Waals surface area contributed by atoms with E-state index < -0.39 is 0 Å². The van der Waals surface area contributed by atoms with Gasteiger partial charge in [0.25, 0.3) is 0 Å². The van der Waals surface area contributed by atoms with Crippen LogP contribution >= 0.6 is 0 Å². The van der Waals surface area contributed by atoms with Gasteiger partial charge in [-0.05, 0) is 24.0 Å². The van der Waals surface area contributed by atoms with Gasteiger partial charge in [-0.3, -0.25) is 0 Å². The second kappa shape index (κ2) is 5.15. The quantitative estimate of drug-likeness (QED) is 0.849. The van der Waals surface area contributed by atoms with Gasteiger partial charge in [0.05, 0.1) is 18.5 Å². The summed E-state index contributed by atoms with van der Waals surface area (Å²) in [5, 5.41) is 13.4. The zero-order valence-electron chi connectivity index (χ0n) is 10.9. The Labute approximate surface area is 113 Å². The van der Waals surface area contributed by atoms with Crippen molar-refractivity contribution in [2.24, 2.45) is 0 Å². The Morgan fingerprint density at radius 2 is 2.26 bits per heavy atom. The molecule has 0 saturated carbocycles. The smallest absolute Gasteiger partial charge is 0.0946 e. The molecule has 0 radical (unpaired) electrons. The highest BCUT2D eigenvalue weighted by Crippen LogP contribution is 2.36. The molecular formula is C15H19N3O. The Bertz CT molecular complexity index is 538. The molecule has 1 aromatic carbocycles. The number of hydrogen-bond donors (Lipinski definition) is 2. The van der Waals surface area contributed by atoms with E-state index in [1.165, 1.54) is 11.1 Å². The lowest BCUT2D eigenvalue weighted by molar-refractivity contribution is 0.159. The minimum Gasteiger partial charge on any atom is -0.394 e. The first-order chi connectivity index (χ1) is 9.34. The Balaban J connectivity index is 1.71. The fourth-order valence-electron chi connectivity index (χ4n) is 2.93. The summed E-state index contributed by atoms with van der Waals surface area (Å²) in [5.41, 5.74) is 2.34. The minimum absolute atomic E-state index is 0.147. The lowest BCUT2D eigenvalue weighted by Gasteiger charge is -2.30. The van der Waals surface area contributed by atoms with E-state index in [2.05, 4.69) is 28.5 Å². The molecule has 1 unspecified atom stereocenters. The van der Waals surface area contributed by atoms with E-state index in [-0.39, 0.29) is 12.1 Å². The summed E-state index contributed by atoms with van der Waals surface area (Å²) in [6, 6.07) is 8.40. The first-order valence-electron chi connectivity index (χ1n) is 6.74. The summed E-state index contributed by atoms with van der Waals surface area (Å²) in [7, 11) is 0. The average Bonchev–Trinajstić information content (AvgIpc) is 3.08. The third kappa shape index (κ3) is 2.29. The molecule has 1 atom stereocenters. The molecule has 4 nitrogen and oxygen atoms in total. The molecule has 19 heavy (non-hydrogen) atoms. The largest absolute Gasteiger partial charge is 0.394 e. The van der Waals surface area contributed by atoms with E-state index in [9.17, 15) is 5.11 Å². The van der Waals surface area contributed by atoms with Crippen LogP contribution in [0, 0.1) is 0 Å². The van der Waals surface area contributed by atoms with Gasteiger partial charge in [-0.1, -0.05) is 24.3 Å². The molecule has 2 N–H and O–H groups in total. The summed E-state index contributed by atoms with van der Waals surface area (Å²) in [6.45, 7) is 1.84. The number of aromatic nitrogens is 2. The molecule has 3 rings (SSSR count). The van der Waals surface area contributed by atoms with E-state index in [0.29, 0.717) is 0 Å². The zero-order chi connectivity index (χ0) is 13.1. The van der Waals surface area contributed by atoms with E-state index in [1.54, 1.807) is 6.20 Å². The van der Waals surface area contributed by atoms with Crippen LogP contribution in [-0.2, 0) is 18.5 Å². The number of aryl methyl sites for hydroxylation is 1. The highest BCUT2D eigenvalue weighted by molar-refractivity contribution is 5.38. The second-order valence-corrected chi connectivity index (χ2v) is 5.12. The van der Waals surface area contributed by atoms with Gasteiger partial charge < -0.3 is 15.0 Å². The highest BCUT2D eigenvalue weighted by Gasteiger charge is 2.37. The van der Waals surface area contributed by atoms with Gasteiger partial charge in [-0.15, -0.1) is 0 Å². The zero-order valence-corrected chi connectivity index (χ0v) is 10.9. The molecule has 0 aliphatic heterocycles. The lowest BCUT2D eigenvalue weighted by Crippen LogP contribution is -2.45. The van der Waals surface area contributed by atoms with Crippen LogP contribution in [0.2, 0.25) is 0 Å². The Morgan fingerprint density at radius 1 is 1.37 bits per heavy atom. The van der Waals surface area contributed by atoms with Gasteiger partial charge >= 0.3 is 0 Å². The summed E-state index contributed by atoms with van der Waals surface area (Å²) < 4.78 is 2.04. The van der Waals surface area contributed by atoms with Crippen molar-refractivity contribution in [3.05, 3.63) is 54.1 Å². The molecular weight excluding hydrogens is 238 g/mol. The normalized spacial score (nSPS) is 21.5. The molecule has 0 fully saturated rings. The lowest BCUT2D eigenvalue weighted by atomic mass is 9.92. The van der Waals surface area contributed by atoms with Crippen molar-refractivity contribution >= 4 is 0 Å². The molecule has 0 spiro atoms. The molecule has 1 aromatic heterocycles. The van der Waals surface area contributed by atoms with Crippen molar-refractivity contribution < 1.29 is 5.11 Å². The average molecular weight is 257 g/mol. The van der Waals surface area contributed by atoms with Crippen molar-refractivity contribution in [3.8, 4) is 0 Å². The van der Waals surface area contributed by atoms with Gasteiger partial charge in [0, 0.05) is 25.5 Å². The Hall–Kier alpha value is -1.65. The van der Waals surface area contributed by atoms with Crippen LogP contribution in [0.25, 0.3) is 0 Å². The fraction of sp³-hybridized carbons (Fsp3) is 0.400. The number of nitrogens with one attached hydrogen (secondary N) is 1. The summed E-state index contributed by atoms with van der Waals surface area (Å²) in [5.74, 6) is 0. The predicted octanol–water partition coefficient (Wildman–Crippen LogP) is 1.31. The second-order valence-electron chi connectivity index (χ2n) is 5.12. The number of fused-ring (bicyclic) bond motifs is 1.